The second kappa shape index (κ2) is 5.73. The quantitative estimate of drug-likeness (QED) is 0.851. The summed E-state index contributed by atoms with van der Waals surface area (Å²) in [6.07, 6.45) is 3.44. The molecule has 3 rings (SSSR count). The first-order valence-corrected chi connectivity index (χ1v) is 7.61. The Balaban J connectivity index is 1.74. The summed E-state index contributed by atoms with van der Waals surface area (Å²) in [6.45, 7) is 6.45. The van der Waals surface area contributed by atoms with Crippen LogP contribution in [0.15, 0.2) is 18.2 Å². The van der Waals surface area contributed by atoms with Crippen molar-refractivity contribution in [2.45, 2.75) is 26.2 Å². The largest absolute Gasteiger partial charge is 0.385 e. The van der Waals surface area contributed by atoms with Crippen molar-refractivity contribution in [2.75, 3.05) is 42.9 Å². The van der Waals surface area contributed by atoms with Crippen molar-refractivity contribution in [3.05, 3.63) is 23.8 Å². The lowest BCUT2D eigenvalue weighted by atomic mass is 10.0. The van der Waals surface area contributed by atoms with Gasteiger partial charge in [0.25, 0.3) is 0 Å². The molecular weight excluding hydrogens is 250 g/mol. The molecule has 0 atom stereocenters. The number of amides is 1. The number of anilines is 2. The zero-order chi connectivity index (χ0) is 13.9. The molecule has 2 heterocycles. The molecule has 0 aliphatic carbocycles. The van der Waals surface area contributed by atoms with Gasteiger partial charge in [0.05, 0.1) is 0 Å². The van der Waals surface area contributed by atoms with E-state index in [1.807, 2.05) is 4.90 Å². The molecule has 108 valence electrons. The normalized spacial score (nSPS) is 19.1. The fourth-order valence-electron chi connectivity index (χ4n) is 3.15. The molecule has 20 heavy (non-hydrogen) atoms. The van der Waals surface area contributed by atoms with Crippen LogP contribution in [0.4, 0.5) is 11.4 Å². The van der Waals surface area contributed by atoms with E-state index in [0.29, 0.717) is 0 Å². The van der Waals surface area contributed by atoms with Crippen molar-refractivity contribution in [1.29, 1.82) is 0 Å². The summed E-state index contributed by atoms with van der Waals surface area (Å²) in [4.78, 5) is 15.9. The Kier molecular flexibility index (Phi) is 3.81. The summed E-state index contributed by atoms with van der Waals surface area (Å²) in [5.41, 5.74) is 4.03. The zero-order valence-corrected chi connectivity index (χ0v) is 12.2. The van der Waals surface area contributed by atoms with E-state index in [4.69, 9.17) is 0 Å². The van der Waals surface area contributed by atoms with Crippen LogP contribution >= 0.6 is 0 Å². The van der Waals surface area contributed by atoms with Gasteiger partial charge in [-0.25, -0.2) is 0 Å². The number of hydrogen-bond acceptors (Lipinski definition) is 3. The van der Waals surface area contributed by atoms with Gasteiger partial charge < -0.3 is 15.1 Å². The van der Waals surface area contributed by atoms with Crippen molar-refractivity contribution < 1.29 is 4.79 Å². The smallest absolute Gasteiger partial charge is 0.219 e. The highest BCUT2D eigenvalue weighted by atomic mass is 16.2. The van der Waals surface area contributed by atoms with Gasteiger partial charge >= 0.3 is 0 Å². The highest BCUT2D eigenvalue weighted by Gasteiger charge is 2.18. The van der Waals surface area contributed by atoms with Crippen LogP contribution in [0.1, 0.15) is 25.3 Å². The first-order chi connectivity index (χ1) is 9.74. The number of aryl methyl sites for hydroxylation is 1. The minimum absolute atomic E-state index is 0.196. The van der Waals surface area contributed by atoms with E-state index in [1.165, 1.54) is 29.8 Å². The van der Waals surface area contributed by atoms with Gasteiger partial charge in [-0.15, -0.1) is 0 Å². The number of benzene rings is 1. The van der Waals surface area contributed by atoms with Gasteiger partial charge in [0.15, 0.2) is 0 Å². The molecule has 4 heteroatoms. The number of hydrogen-bond donors (Lipinski definition) is 1. The van der Waals surface area contributed by atoms with Crippen LogP contribution in [-0.4, -0.2) is 43.5 Å². The van der Waals surface area contributed by atoms with Gasteiger partial charge in [-0.1, -0.05) is 0 Å². The van der Waals surface area contributed by atoms with Crippen LogP contribution in [0.3, 0.4) is 0 Å². The van der Waals surface area contributed by atoms with Crippen LogP contribution in [-0.2, 0) is 11.2 Å². The highest BCUT2D eigenvalue weighted by molar-refractivity contribution is 5.73. The van der Waals surface area contributed by atoms with Crippen molar-refractivity contribution in [3.63, 3.8) is 0 Å². The molecule has 0 spiro atoms. The number of fused-ring (bicyclic) bond motifs is 1. The second-order valence-electron chi connectivity index (χ2n) is 5.72. The van der Waals surface area contributed by atoms with E-state index in [2.05, 4.69) is 28.4 Å². The molecule has 0 bridgehead atoms. The average Bonchev–Trinajstić information content (AvgIpc) is 2.73. The van der Waals surface area contributed by atoms with Gasteiger partial charge in [-0.3, -0.25) is 4.79 Å². The van der Waals surface area contributed by atoms with E-state index in [-0.39, 0.29) is 5.91 Å². The van der Waals surface area contributed by atoms with Crippen molar-refractivity contribution >= 4 is 17.3 Å². The summed E-state index contributed by atoms with van der Waals surface area (Å²) >= 11 is 0. The molecule has 2 aliphatic heterocycles. The molecule has 1 saturated heterocycles. The van der Waals surface area contributed by atoms with Crippen molar-refractivity contribution in [1.82, 2.24) is 4.90 Å². The van der Waals surface area contributed by atoms with Crippen molar-refractivity contribution in [3.8, 4) is 0 Å². The fourth-order valence-corrected chi connectivity index (χ4v) is 3.15. The van der Waals surface area contributed by atoms with E-state index >= 15 is 0 Å². The van der Waals surface area contributed by atoms with E-state index in [0.717, 1.165) is 39.1 Å². The lowest BCUT2D eigenvalue weighted by Crippen LogP contribution is -2.33. The minimum Gasteiger partial charge on any atom is -0.385 e. The topological polar surface area (TPSA) is 35.6 Å². The Morgan fingerprint density at radius 2 is 2.05 bits per heavy atom. The van der Waals surface area contributed by atoms with Crippen LogP contribution in [0.25, 0.3) is 0 Å². The predicted molar refractivity (Wildman–Crippen MR) is 82.3 cm³/mol. The average molecular weight is 273 g/mol. The maximum atomic E-state index is 11.5. The number of nitrogens with one attached hydrogen (secondary N) is 1. The van der Waals surface area contributed by atoms with Crippen LogP contribution in [0.2, 0.25) is 0 Å². The third kappa shape index (κ3) is 2.74. The molecule has 0 saturated carbocycles. The number of carbonyl (C=O) groups excluding carboxylic acids is 1. The molecule has 4 nitrogen and oxygen atoms in total. The summed E-state index contributed by atoms with van der Waals surface area (Å²) in [6, 6.07) is 6.74. The molecule has 1 fully saturated rings. The maximum Gasteiger partial charge on any atom is 0.219 e. The molecule has 1 aromatic rings. The molecular formula is C16H23N3O. The number of rotatable bonds is 1. The Morgan fingerprint density at radius 3 is 2.90 bits per heavy atom. The minimum atomic E-state index is 0.196. The molecule has 0 radical (unpaired) electrons. The van der Waals surface area contributed by atoms with E-state index in [1.54, 1.807) is 6.92 Å². The third-order valence-electron chi connectivity index (χ3n) is 4.33. The first kappa shape index (κ1) is 13.3. The lowest BCUT2D eigenvalue weighted by molar-refractivity contribution is -0.128. The van der Waals surface area contributed by atoms with E-state index < -0.39 is 0 Å². The molecule has 2 aliphatic rings. The van der Waals surface area contributed by atoms with Gasteiger partial charge in [-0.05, 0) is 43.0 Å². The predicted octanol–water partition coefficient (Wildman–Crippen LogP) is 2.10. The lowest BCUT2D eigenvalue weighted by Gasteiger charge is -2.26. The highest BCUT2D eigenvalue weighted by Crippen LogP contribution is 2.27. The van der Waals surface area contributed by atoms with E-state index in [9.17, 15) is 4.79 Å². The monoisotopic (exact) mass is 273 g/mol. The summed E-state index contributed by atoms with van der Waals surface area (Å²) in [5.74, 6) is 0.196. The zero-order valence-electron chi connectivity index (χ0n) is 12.2. The standard InChI is InChI=1S/C16H23N3O/c1-13(20)18-8-3-9-19(11-10-18)15-5-6-16-14(12-15)4-2-7-17-16/h5-6,12,17H,2-4,7-11H2,1H3. The summed E-state index contributed by atoms with van der Waals surface area (Å²) in [5, 5.41) is 3.46. The number of carbonyl (C=O) groups is 1. The Hall–Kier alpha value is -1.71. The van der Waals surface area contributed by atoms with Crippen LogP contribution in [0.5, 0.6) is 0 Å². The van der Waals surface area contributed by atoms with Gasteiger partial charge in [0, 0.05) is 51.0 Å². The third-order valence-corrected chi connectivity index (χ3v) is 4.33. The molecule has 1 N–H and O–H groups in total. The number of nitrogens with zero attached hydrogens (tertiary/aromatic N) is 2. The molecule has 0 unspecified atom stereocenters. The Labute approximate surface area is 120 Å². The van der Waals surface area contributed by atoms with Gasteiger partial charge in [0.1, 0.15) is 0 Å². The molecule has 0 aromatic heterocycles. The summed E-state index contributed by atoms with van der Waals surface area (Å²) < 4.78 is 0. The van der Waals surface area contributed by atoms with Gasteiger partial charge in [-0.2, -0.15) is 0 Å². The SMILES string of the molecule is CC(=O)N1CCCN(c2ccc3c(c2)CCCN3)CC1. The van der Waals surface area contributed by atoms with Gasteiger partial charge in [0.2, 0.25) is 5.91 Å². The molecule has 1 aromatic carbocycles. The van der Waals surface area contributed by atoms with Crippen LogP contribution < -0.4 is 10.2 Å². The Bertz CT molecular complexity index is 500. The van der Waals surface area contributed by atoms with Crippen LogP contribution in [0, 0.1) is 0 Å². The maximum absolute atomic E-state index is 11.5. The summed E-state index contributed by atoms with van der Waals surface area (Å²) in [7, 11) is 0. The first-order valence-electron chi connectivity index (χ1n) is 7.61. The fraction of sp³-hybridized carbons (Fsp3) is 0.562. The second-order valence-corrected chi connectivity index (χ2v) is 5.72. The molecule has 1 amide bonds. The van der Waals surface area contributed by atoms with Crippen molar-refractivity contribution in [2.24, 2.45) is 0 Å². The Morgan fingerprint density at radius 1 is 1.15 bits per heavy atom.